The van der Waals surface area contributed by atoms with Gasteiger partial charge in [0, 0.05) is 19.1 Å². The molecule has 0 radical (unpaired) electrons. The minimum atomic E-state index is -0.0541. The summed E-state index contributed by atoms with van der Waals surface area (Å²) in [6.07, 6.45) is 4.73. The molecule has 5 nitrogen and oxygen atoms in total. The van der Waals surface area contributed by atoms with Crippen LogP contribution in [-0.4, -0.2) is 48.4 Å². The van der Waals surface area contributed by atoms with Crippen molar-refractivity contribution in [1.82, 2.24) is 9.80 Å². The van der Waals surface area contributed by atoms with Crippen molar-refractivity contribution in [3.05, 3.63) is 24.2 Å². The molecule has 1 aromatic heterocycles. The molecule has 112 valence electrons. The predicted octanol–water partition coefficient (Wildman–Crippen LogP) is 1.61. The van der Waals surface area contributed by atoms with Crippen molar-refractivity contribution in [1.29, 1.82) is 0 Å². The van der Waals surface area contributed by atoms with Crippen LogP contribution in [0.15, 0.2) is 22.8 Å². The van der Waals surface area contributed by atoms with Gasteiger partial charge < -0.3 is 15.1 Å². The van der Waals surface area contributed by atoms with Gasteiger partial charge in [0.2, 0.25) is 5.91 Å². The SMILES string of the molecule is CCC(N)C(c1ccco1)N(C)CC(=O)N1CCCC1. The Morgan fingerprint density at radius 3 is 2.75 bits per heavy atom. The summed E-state index contributed by atoms with van der Waals surface area (Å²) in [4.78, 5) is 16.2. The Bertz CT molecular complexity index is 413. The van der Waals surface area contributed by atoms with Gasteiger partial charge in [0.15, 0.2) is 0 Å². The molecule has 0 saturated carbocycles. The molecule has 2 heterocycles. The van der Waals surface area contributed by atoms with Gasteiger partial charge in [-0.25, -0.2) is 0 Å². The molecule has 20 heavy (non-hydrogen) atoms. The van der Waals surface area contributed by atoms with Crippen LogP contribution in [0.1, 0.15) is 38.0 Å². The van der Waals surface area contributed by atoms with Gasteiger partial charge >= 0.3 is 0 Å². The lowest BCUT2D eigenvalue weighted by atomic mass is 10.0. The van der Waals surface area contributed by atoms with Crippen molar-refractivity contribution in [3.8, 4) is 0 Å². The van der Waals surface area contributed by atoms with Crippen LogP contribution in [0, 0.1) is 0 Å². The first kappa shape index (κ1) is 15.1. The summed E-state index contributed by atoms with van der Waals surface area (Å²) in [5.74, 6) is 1.01. The first-order valence-corrected chi connectivity index (χ1v) is 7.40. The van der Waals surface area contributed by atoms with Gasteiger partial charge in [-0.05, 0) is 38.4 Å². The van der Waals surface area contributed by atoms with E-state index < -0.39 is 0 Å². The molecule has 2 atom stereocenters. The molecule has 1 aromatic rings. The van der Waals surface area contributed by atoms with Crippen molar-refractivity contribution in [3.63, 3.8) is 0 Å². The highest BCUT2D eigenvalue weighted by Crippen LogP contribution is 2.24. The zero-order chi connectivity index (χ0) is 14.5. The summed E-state index contributed by atoms with van der Waals surface area (Å²) in [6.45, 7) is 4.21. The van der Waals surface area contributed by atoms with Crippen LogP contribution in [0.2, 0.25) is 0 Å². The van der Waals surface area contributed by atoms with E-state index in [1.165, 1.54) is 0 Å². The van der Waals surface area contributed by atoms with Gasteiger partial charge in [-0.2, -0.15) is 0 Å². The largest absolute Gasteiger partial charge is 0.468 e. The highest BCUT2D eigenvalue weighted by molar-refractivity contribution is 5.78. The number of nitrogens with zero attached hydrogens (tertiary/aromatic N) is 2. The van der Waals surface area contributed by atoms with E-state index in [0.29, 0.717) is 6.54 Å². The lowest BCUT2D eigenvalue weighted by molar-refractivity contribution is -0.131. The van der Waals surface area contributed by atoms with Crippen LogP contribution >= 0.6 is 0 Å². The van der Waals surface area contributed by atoms with E-state index in [1.807, 2.05) is 29.0 Å². The molecule has 1 fully saturated rings. The average molecular weight is 279 g/mol. The second kappa shape index (κ2) is 6.90. The van der Waals surface area contributed by atoms with Gasteiger partial charge in [0.1, 0.15) is 5.76 Å². The zero-order valence-electron chi connectivity index (χ0n) is 12.4. The van der Waals surface area contributed by atoms with Crippen LogP contribution in [0.3, 0.4) is 0 Å². The molecule has 1 amide bonds. The number of carbonyl (C=O) groups excluding carboxylic acids is 1. The Morgan fingerprint density at radius 2 is 2.20 bits per heavy atom. The third kappa shape index (κ3) is 3.41. The molecule has 0 bridgehead atoms. The summed E-state index contributed by atoms with van der Waals surface area (Å²) in [7, 11) is 1.94. The molecule has 2 rings (SSSR count). The number of hydrogen-bond donors (Lipinski definition) is 1. The van der Waals surface area contributed by atoms with Crippen LogP contribution in [0.4, 0.5) is 0 Å². The highest BCUT2D eigenvalue weighted by atomic mass is 16.3. The molecule has 2 unspecified atom stereocenters. The first-order valence-electron chi connectivity index (χ1n) is 7.40. The molecule has 1 saturated heterocycles. The fourth-order valence-corrected chi connectivity index (χ4v) is 2.82. The number of furan rings is 1. The zero-order valence-corrected chi connectivity index (χ0v) is 12.4. The Labute approximate surface area is 120 Å². The second-order valence-electron chi connectivity index (χ2n) is 5.54. The maximum atomic E-state index is 12.3. The molecule has 1 aliphatic heterocycles. The predicted molar refractivity (Wildman–Crippen MR) is 78.2 cm³/mol. The van der Waals surface area contributed by atoms with E-state index in [-0.39, 0.29) is 18.0 Å². The Hall–Kier alpha value is -1.33. The van der Waals surface area contributed by atoms with E-state index in [0.717, 1.165) is 38.1 Å². The Kier molecular flexibility index (Phi) is 5.20. The Balaban J connectivity index is 2.02. The fraction of sp³-hybridized carbons (Fsp3) is 0.667. The third-order valence-corrected chi connectivity index (χ3v) is 4.03. The van der Waals surface area contributed by atoms with Crippen LogP contribution in [0.25, 0.3) is 0 Å². The molecular weight excluding hydrogens is 254 g/mol. The van der Waals surface area contributed by atoms with E-state index in [9.17, 15) is 4.79 Å². The monoisotopic (exact) mass is 279 g/mol. The molecule has 5 heteroatoms. The normalized spacial score (nSPS) is 18.5. The number of carbonyl (C=O) groups is 1. The van der Waals surface area contributed by atoms with Gasteiger partial charge in [0.05, 0.1) is 18.8 Å². The summed E-state index contributed by atoms with van der Waals surface area (Å²) in [6, 6.07) is 3.69. The molecule has 0 aromatic carbocycles. The van der Waals surface area contributed by atoms with Crippen LogP contribution in [0.5, 0.6) is 0 Å². The van der Waals surface area contributed by atoms with Crippen molar-refractivity contribution in [2.24, 2.45) is 5.73 Å². The van der Waals surface area contributed by atoms with Crippen molar-refractivity contribution >= 4 is 5.91 Å². The lowest BCUT2D eigenvalue weighted by Gasteiger charge is -2.31. The smallest absolute Gasteiger partial charge is 0.236 e. The Morgan fingerprint density at radius 1 is 1.50 bits per heavy atom. The maximum absolute atomic E-state index is 12.3. The van der Waals surface area contributed by atoms with Crippen molar-refractivity contribution < 1.29 is 9.21 Å². The number of nitrogens with two attached hydrogens (primary N) is 1. The van der Waals surface area contributed by atoms with Gasteiger partial charge in [-0.15, -0.1) is 0 Å². The van der Waals surface area contributed by atoms with E-state index in [2.05, 4.69) is 6.92 Å². The van der Waals surface area contributed by atoms with Crippen LogP contribution < -0.4 is 5.73 Å². The average Bonchev–Trinajstić information content (AvgIpc) is 3.11. The van der Waals surface area contributed by atoms with Crippen LogP contribution in [-0.2, 0) is 4.79 Å². The molecule has 2 N–H and O–H groups in total. The number of likely N-dealkylation sites (N-methyl/N-ethyl adjacent to an activating group) is 1. The van der Waals surface area contributed by atoms with Gasteiger partial charge in [-0.3, -0.25) is 9.69 Å². The standard InChI is InChI=1S/C15H25N3O2/c1-3-12(16)15(13-7-6-10-20-13)17(2)11-14(19)18-8-4-5-9-18/h6-7,10,12,15H,3-5,8-9,11,16H2,1-2H3. The third-order valence-electron chi connectivity index (χ3n) is 4.03. The van der Waals surface area contributed by atoms with E-state index in [4.69, 9.17) is 10.2 Å². The van der Waals surface area contributed by atoms with Crippen molar-refractivity contribution in [2.45, 2.75) is 38.3 Å². The van der Waals surface area contributed by atoms with Crippen molar-refractivity contribution in [2.75, 3.05) is 26.7 Å². The highest BCUT2D eigenvalue weighted by Gasteiger charge is 2.28. The van der Waals surface area contributed by atoms with Gasteiger partial charge in [0.25, 0.3) is 0 Å². The summed E-state index contributed by atoms with van der Waals surface area (Å²) in [5.41, 5.74) is 6.21. The topological polar surface area (TPSA) is 62.7 Å². The summed E-state index contributed by atoms with van der Waals surface area (Å²) >= 11 is 0. The maximum Gasteiger partial charge on any atom is 0.236 e. The molecule has 0 aliphatic carbocycles. The first-order chi connectivity index (χ1) is 9.63. The molecular formula is C15H25N3O2. The van der Waals surface area contributed by atoms with Gasteiger partial charge in [-0.1, -0.05) is 6.92 Å². The number of likely N-dealkylation sites (tertiary alicyclic amines) is 1. The lowest BCUT2D eigenvalue weighted by Crippen LogP contribution is -2.44. The minimum Gasteiger partial charge on any atom is -0.468 e. The molecule has 0 spiro atoms. The number of amides is 1. The summed E-state index contributed by atoms with van der Waals surface area (Å²) in [5, 5.41) is 0. The summed E-state index contributed by atoms with van der Waals surface area (Å²) < 4.78 is 5.50. The number of hydrogen-bond acceptors (Lipinski definition) is 4. The minimum absolute atomic E-state index is 0.0440. The number of rotatable bonds is 6. The fourth-order valence-electron chi connectivity index (χ4n) is 2.82. The van der Waals surface area contributed by atoms with E-state index >= 15 is 0 Å². The molecule has 1 aliphatic rings. The van der Waals surface area contributed by atoms with E-state index in [1.54, 1.807) is 6.26 Å². The second-order valence-corrected chi connectivity index (χ2v) is 5.54. The quantitative estimate of drug-likeness (QED) is 0.859.